The molecule has 0 atom stereocenters. The molecule has 0 aliphatic heterocycles. The van der Waals surface area contributed by atoms with Gasteiger partial charge in [0.05, 0.1) is 16.4 Å². The van der Waals surface area contributed by atoms with Crippen LogP contribution in [0.25, 0.3) is 11.3 Å². The summed E-state index contributed by atoms with van der Waals surface area (Å²) in [6.07, 6.45) is 2.04. The van der Waals surface area contributed by atoms with Gasteiger partial charge >= 0.3 is 0 Å². The minimum absolute atomic E-state index is 0.134. The third kappa shape index (κ3) is 2.29. The number of aromatic nitrogens is 1. The number of hydrogen-bond donors (Lipinski definition) is 1. The highest BCUT2D eigenvalue weighted by atomic mass is 32.1. The summed E-state index contributed by atoms with van der Waals surface area (Å²) < 4.78 is 0. The topological polar surface area (TPSA) is 42.0 Å². The fourth-order valence-corrected chi connectivity index (χ4v) is 2.50. The van der Waals surface area contributed by atoms with E-state index in [4.69, 9.17) is 0 Å². The third-order valence-electron chi connectivity index (χ3n) is 3.03. The number of benzene rings is 1. The van der Waals surface area contributed by atoms with Crippen LogP contribution in [0.2, 0.25) is 0 Å². The first-order valence-electron chi connectivity index (χ1n) is 6.06. The predicted molar refractivity (Wildman–Crippen MR) is 73.6 cm³/mol. The smallest absolute Gasteiger partial charge is 0.227 e. The summed E-state index contributed by atoms with van der Waals surface area (Å²) in [5.74, 6) is 0.352. The van der Waals surface area contributed by atoms with Gasteiger partial charge in [0.15, 0.2) is 0 Å². The van der Waals surface area contributed by atoms with Gasteiger partial charge in [0.1, 0.15) is 0 Å². The number of para-hydroxylation sites is 1. The predicted octanol–water partition coefficient (Wildman–Crippen LogP) is 3.47. The number of amides is 1. The largest absolute Gasteiger partial charge is 0.325 e. The van der Waals surface area contributed by atoms with Gasteiger partial charge in [-0.25, -0.2) is 4.98 Å². The summed E-state index contributed by atoms with van der Waals surface area (Å²) in [6.45, 7) is 1.99. The Labute approximate surface area is 110 Å². The molecule has 2 aromatic rings. The van der Waals surface area contributed by atoms with E-state index in [1.54, 1.807) is 11.3 Å². The minimum Gasteiger partial charge on any atom is -0.325 e. The second kappa shape index (κ2) is 4.53. The lowest BCUT2D eigenvalue weighted by Gasteiger charge is -2.08. The van der Waals surface area contributed by atoms with Crippen molar-refractivity contribution in [1.82, 2.24) is 4.98 Å². The summed E-state index contributed by atoms with van der Waals surface area (Å²) in [6, 6.07) is 7.84. The van der Waals surface area contributed by atoms with Crippen LogP contribution in [0, 0.1) is 12.8 Å². The first kappa shape index (κ1) is 11.4. The Balaban J connectivity index is 1.91. The van der Waals surface area contributed by atoms with Gasteiger partial charge in [-0.3, -0.25) is 4.79 Å². The molecular formula is C14H14N2OS. The summed E-state index contributed by atoms with van der Waals surface area (Å²) in [5.41, 5.74) is 2.79. The molecule has 1 aromatic carbocycles. The molecule has 18 heavy (non-hydrogen) atoms. The molecule has 0 unspecified atom stereocenters. The number of anilines is 1. The molecule has 1 saturated carbocycles. The molecular weight excluding hydrogens is 244 g/mol. The van der Waals surface area contributed by atoms with Gasteiger partial charge in [-0.05, 0) is 25.8 Å². The molecule has 1 N–H and O–H groups in total. The molecule has 0 spiro atoms. The number of thiazole rings is 1. The van der Waals surface area contributed by atoms with Gasteiger partial charge in [-0.1, -0.05) is 18.2 Å². The van der Waals surface area contributed by atoms with E-state index in [1.807, 2.05) is 36.6 Å². The highest BCUT2D eigenvalue weighted by Crippen LogP contribution is 2.33. The van der Waals surface area contributed by atoms with Crippen molar-refractivity contribution in [2.24, 2.45) is 5.92 Å². The number of nitrogens with one attached hydrogen (secondary N) is 1. The highest BCUT2D eigenvalue weighted by Gasteiger charge is 2.30. The number of carbonyl (C=O) groups is 1. The van der Waals surface area contributed by atoms with Gasteiger partial charge in [-0.15, -0.1) is 11.3 Å². The average molecular weight is 258 g/mol. The number of rotatable bonds is 3. The Morgan fingerprint density at radius 2 is 2.17 bits per heavy atom. The fraction of sp³-hybridized carbons (Fsp3) is 0.286. The van der Waals surface area contributed by atoms with Crippen molar-refractivity contribution in [2.75, 3.05) is 5.32 Å². The Bertz CT molecular complexity index is 587. The molecule has 1 aliphatic carbocycles. The Kier molecular flexibility index (Phi) is 2.88. The monoisotopic (exact) mass is 258 g/mol. The molecule has 0 saturated heterocycles. The molecule has 1 aliphatic rings. The van der Waals surface area contributed by atoms with Gasteiger partial charge in [0, 0.05) is 16.9 Å². The van der Waals surface area contributed by atoms with Crippen LogP contribution in [0.3, 0.4) is 0 Å². The molecule has 1 amide bonds. The highest BCUT2D eigenvalue weighted by molar-refractivity contribution is 7.09. The van der Waals surface area contributed by atoms with Crippen molar-refractivity contribution in [3.05, 3.63) is 34.7 Å². The maximum absolute atomic E-state index is 11.8. The lowest BCUT2D eigenvalue weighted by Crippen LogP contribution is -2.13. The SMILES string of the molecule is Cc1nc(-c2ccccc2NC(=O)C2CC2)cs1. The maximum atomic E-state index is 11.8. The van der Waals surface area contributed by atoms with E-state index in [2.05, 4.69) is 10.3 Å². The van der Waals surface area contributed by atoms with E-state index in [-0.39, 0.29) is 11.8 Å². The first-order chi connectivity index (χ1) is 8.74. The molecule has 0 radical (unpaired) electrons. The summed E-state index contributed by atoms with van der Waals surface area (Å²) in [5, 5.41) is 6.07. The van der Waals surface area contributed by atoms with Crippen LogP contribution >= 0.6 is 11.3 Å². The zero-order chi connectivity index (χ0) is 12.5. The van der Waals surface area contributed by atoms with Crippen molar-refractivity contribution < 1.29 is 4.79 Å². The standard InChI is InChI=1S/C14H14N2OS/c1-9-15-13(8-18-9)11-4-2-3-5-12(11)16-14(17)10-6-7-10/h2-5,8,10H,6-7H2,1H3,(H,16,17). The van der Waals surface area contributed by atoms with Gasteiger partial charge in [-0.2, -0.15) is 0 Å². The summed E-state index contributed by atoms with van der Waals surface area (Å²) >= 11 is 1.62. The number of hydrogen-bond acceptors (Lipinski definition) is 3. The van der Waals surface area contributed by atoms with Crippen LogP contribution in [0.5, 0.6) is 0 Å². The van der Waals surface area contributed by atoms with Gasteiger partial charge < -0.3 is 5.32 Å². The lowest BCUT2D eigenvalue weighted by atomic mass is 10.1. The average Bonchev–Trinajstić information content (AvgIpc) is 3.13. The maximum Gasteiger partial charge on any atom is 0.227 e. The van der Waals surface area contributed by atoms with Gasteiger partial charge in [0.2, 0.25) is 5.91 Å². The van der Waals surface area contributed by atoms with Crippen molar-refractivity contribution in [2.45, 2.75) is 19.8 Å². The molecule has 1 fully saturated rings. The Morgan fingerprint density at radius 1 is 1.39 bits per heavy atom. The van der Waals surface area contributed by atoms with E-state index in [0.29, 0.717) is 0 Å². The van der Waals surface area contributed by atoms with Crippen LogP contribution in [0.1, 0.15) is 17.8 Å². The summed E-state index contributed by atoms with van der Waals surface area (Å²) in [4.78, 5) is 16.3. The molecule has 0 bridgehead atoms. The zero-order valence-electron chi connectivity index (χ0n) is 10.1. The van der Waals surface area contributed by atoms with Crippen molar-refractivity contribution >= 4 is 22.9 Å². The van der Waals surface area contributed by atoms with Crippen molar-refractivity contribution in [3.63, 3.8) is 0 Å². The molecule has 92 valence electrons. The number of nitrogens with zero attached hydrogens (tertiary/aromatic N) is 1. The van der Waals surface area contributed by atoms with E-state index in [1.165, 1.54) is 0 Å². The second-order valence-corrected chi connectivity index (χ2v) is 5.62. The van der Waals surface area contributed by atoms with Crippen LogP contribution in [-0.2, 0) is 4.79 Å². The normalized spacial score (nSPS) is 14.5. The van der Waals surface area contributed by atoms with Crippen LogP contribution in [0.4, 0.5) is 5.69 Å². The molecule has 4 heteroatoms. The molecule has 1 heterocycles. The van der Waals surface area contributed by atoms with Crippen molar-refractivity contribution in [1.29, 1.82) is 0 Å². The fourth-order valence-electron chi connectivity index (χ4n) is 1.88. The number of carbonyl (C=O) groups excluding carboxylic acids is 1. The van der Waals surface area contributed by atoms with Crippen LogP contribution < -0.4 is 5.32 Å². The van der Waals surface area contributed by atoms with E-state index in [9.17, 15) is 4.79 Å². The third-order valence-corrected chi connectivity index (χ3v) is 3.80. The number of aryl methyl sites for hydroxylation is 1. The molecule has 1 aromatic heterocycles. The Hall–Kier alpha value is -1.68. The van der Waals surface area contributed by atoms with Crippen molar-refractivity contribution in [3.8, 4) is 11.3 Å². The Morgan fingerprint density at radius 3 is 2.83 bits per heavy atom. The van der Waals surface area contributed by atoms with Crippen LogP contribution in [0.15, 0.2) is 29.6 Å². The van der Waals surface area contributed by atoms with Gasteiger partial charge in [0.25, 0.3) is 0 Å². The minimum atomic E-state index is 0.134. The van der Waals surface area contributed by atoms with Crippen LogP contribution in [-0.4, -0.2) is 10.9 Å². The lowest BCUT2D eigenvalue weighted by molar-refractivity contribution is -0.117. The first-order valence-corrected chi connectivity index (χ1v) is 6.94. The molecule has 3 rings (SSSR count). The molecule has 3 nitrogen and oxygen atoms in total. The quantitative estimate of drug-likeness (QED) is 0.916. The zero-order valence-corrected chi connectivity index (χ0v) is 11.0. The van der Waals surface area contributed by atoms with E-state index in [0.717, 1.165) is 34.8 Å². The van der Waals surface area contributed by atoms with E-state index >= 15 is 0 Å². The summed E-state index contributed by atoms with van der Waals surface area (Å²) in [7, 11) is 0. The van der Waals surface area contributed by atoms with E-state index < -0.39 is 0 Å². The second-order valence-electron chi connectivity index (χ2n) is 4.56.